The zero-order chi connectivity index (χ0) is 15.1. The summed E-state index contributed by atoms with van der Waals surface area (Å²) in [6.07, 6.45) is 2.14. The molecule has 108 valence electrons. The predicted molar refractivity (Wildman–Crippen MR) is 78.2 cm³/mol. The molecular weight excluding hydrogens is 268 g/mol. The molecule has 1 aromatic carbocycles. The number of benzene rings is 1. The second kappa shape index (κ2) is 7.27. The number of hydrogen-bond acceptors (Lipinski definition) is 4. The topological polar surface area (TPSA) is 75.2 Å². The van der Waals surface area contributed by atoms with Crippen molar-refractivity contribution in [2.24, 2.45) is 0 Å². The van der Waals surface area contributed by atoms with E-state index in [4.69, 9.17) is 15.1 Å². The van der Waals surface area contributed by atoms with Crippen molar-refractivity contribution in [1.29, 1.82) is 5.26 Å². The summed E-state index contributed by atoms with van der Waals surface area (Å²) < 4.78 is 6.86. The third-order valence-electron chi connectivity index (χ3n) is 3.02. The number of hydrogen-bond donors (Lipinski definition) is 1. The monoisotopic (exact) mass is 284 g/mol. The lowest BCUT2D eigenvalue weighted by Crippen LogP contribution is -2.22. The molecule has 0 saturated carbocycles. The maximum absolute atomic E-state index is 12.3. The molecule has 0 amide bonds. The lowest BCUT2D eigenvalue weighted by atomic mass is 10.1. The molecular formula is C16H16N2O3. The molecule has 0 aliphatic heterocycles. The second-order valence-electron chi connectivity index (χ2n) is 4.50. The largest absolute Gasteiger partial charge is 0.488 e. The van der Waals surface area contributed by atoms with E-state index in [2.05, 4.69) is 6.07 Å². The first-order valence-corrected chi connectivity index (χ1v) is 6.67. The Morgan fingerprint density at radius 3 is 2.81 bits per heavy atom. The molecule has 0 spiro atoms. The van der Waals surface area contributed by atoms with Crippen LogP contribution in [-0.2, 0) is 6.54 Å². The third-order valence-corrected chi connectivity index (χ3v) is 3.02. The van der Waals surface area contributed by atoms with Crippen LogP contribution in [0.1, 0.15) is 17.5 Å². The van der Waals surface area contributed by atoms with E-state index in [0.29, 0.717) is 25.1 Å². The van der Waals surface area contributed by atoms with Crippen LogP contribution in [0.25, 0.3) is 0 Å². The van der Waals surface area contributed by atoms with Gasteiger partial charge in [0.2, 0.25) is 0 Å². The minimum absolute atomic E-state index is 0.0244. The number of aromatic nitrogens is 1. The molecule has 0 aliphatic carbocycles. The zero-order valence-electron chi connectivity index (χ0n) is 11.5. The standard InChI is InChI=1S/C16H16N2O3/c17-11-13-5-1-2-6-14(13)12-18-8-3-7-15(16(18)20)21-10-4-9-19/h1-3,5-8,19H,4,9-10,12H2. The molecule has 0 radical (unpaired) electrons. The van der Waals surface area contributed by atoms with Crippen LogP contribution in [-0.4, -0.2) is 22.9 Å². The fourth-order valence-electron chi connectivity index (χ4n) is 1.95. The molecule has 5 nitrogen and oxygen atoms in total. The third kappa shape index (κ3) is 3.71. The molecule has 21 heavy (non-hydrogen) atoms. The summed E-state index contributed by atoms with van der Waals surface area (Å²) in [6.45, 7) is 0.640. The Morgan fingerprint density at radius 1 is 1.24 bits per heavy atom. The average Bonchev–Trinajstić information content (AvgIpc) is 2.51. The average molecular weight is 284 g/mol. The normalized spacial score (nSPS) is 10.1. The minimum Gasteiger partial charge on any atom is -0.488 e. The van der Waals surface area contributed by atoms with Crippen LogP contribution < -0.4 is 10.3 Å². The van der Waals surface area contributed by atoms with Crippen LogP contribution >= 0.6 is 0 Å². The van der Waals surface area contributed by atoms with Crippen LogP contribution in [0.15, 0.2) is 47.4 Å². The van der Waals surface area contributed by atoms with Gasteiger partial charge in [0, 0.05) is 19.2 Å². The molecule has 0 bridgehead atoms. The van der Waals surface area contributed by atoms with Crippen molar-refractivity contribution >= 4 is 0 Å². The Labute approximate surface area is 122 Å². The summed E-state index contributed by atoms with van der Waals surface area (Å²) >= 11 is 0. The SMILES string of the molecule is N#Cc1ccccc1Cn1cccc(OCCCO)c1=O. The molecule has 1 aromatic heterocycles. The van der Waals surface area contributed by atoms with Crippen LogP contribution in [0.4, 0.5) is 0 Å². The summed E-state index contributed by atoms with van der Waals surface area (Å²) in [6, 6.07) is 12.6. The highest BCUT2D eigenvalue weighted by Gasteiger charge is 2.07. The van der Waals surface area contributed by atoms with Gasteiger partial charge in [-0.15, -0.1) is 0 Å². The molecule has 0 aliphatic rings. The predicted octanol–water partition coefficient (Wildman–Crippen LogP) is 1.53. The fraction of sp³-hybridized carbons (Fsp3) is 0.250. The molecule has 1 N–H and O–H groups in total. The van der Waals surface area contributed by atoms with Gasteiger partial charge in [0.25, 0.3) is 5.56 Å². The summed E-state index contributed by atoms with van der Waals surface area (Å²) in [5, 5.41) is 17.8. The number of pyridine rings is 1. The van der Waals surface area contributed by atoms with Crippen molar-refractivity contribution in [3.63, 3.8) is 0 Å². The Bertz CT molecular complexity index is 701. The van der Waals surface area contributed by atoms with Gasteiger partial charge in [0.1, 0.15) is 0 Å². The van der Waals surface area contributed by atoms with Gasteiger partial charge in [-0.25, -0.2) is 0 Å². The summed E-state index contributed by atoms with van der Waals surface area (Å²) in [4.78, 5) is 12.3. The van der Waals surface area contributed by atoms with Gasteiger partial charge < -0.3 is 14.4 Å². The van der Waals surface area contributed by atoms with E-state index < -0.39 is 0 Å². The highest BCUT2D eigenvalue weighted by molar-refractivity contribution is 5.37. The highest BCUT2D eigenvalue weighted by atomic mass is 16.5. The molecule has 1 heterocycles. The minimum atomic E-state index is -0.247. The van der Waals surface area contributed by atoms with E-state index in [1.165, 1.54) is 4.57 Å². The number of nitriles is 1. The van der Waals surface area contributed by atoms with Gasteiger partial charge in [0.05, 0.1) is 24.8 Å². The van der Waals surface area contributed by atoms with Crippen molar-refractivity contribution < 1.29 is 9.84 Å². The maximum Gasteiger partial charge on any atom is 0.293 e. The van der Waals surface area contributed by atoms with Crippen molar-refractivity contribution in [3.8, 4) is 11.8 Å². The van der Waals surface area contributed by atoms with E-state index in [-0.39, 0.29) is 17.9 Å². The Hall–Kier alpha value is -2.58. The van der Waals surface area contributed by atoms with E-state index in [9.17, 15) is 4.79 Å². The molecule has 0 fully saturated rings. The van der Waals surface area contributed by atoms with E-state index in [0.717, 1.165) is 5.56 Å². The van der Waals surface area contributed by atoms with Crippen LogP contribution in [0.2, 0.25) is 0 Å². The Morgan fingerprint density at radius 2 is 2.05 bits per heavy atom. The number of aliphatic hydroxyl groups is 1. The Balaban J connectivity index is 2.23. The smallest absolute Gasteiger partial charge is 0.293 e. The zero-order valence-corrected chi connectivity index (χ0v) is 11.5. The van der Waals surface area contributed by atoms with Crippen LogP contribution in [0.3, 0.4) is 0 Å². The highest BCUT2D eigenvalue weighted by Crippen LogP contribution is 2.10. The van der Waals surface area contributed by atoms with Crippen LogP contribution in [0, 0.1) is 11.3 Å². The summed E-state index contributed by atoms with van der Waals surface area (Å²) in [5.41, 5.74) is 1.09. The quantitative estimate of drug-likeness (QED) is 0.816. The molecule has 5 heteroatoms. The lowest BCUT2D eigenvalue weighted by Gasteiger charge is -2.10. The van der Waals surface area contributed by atoms with Gasteiger partial charge >= 0.3 is 0 Å². The van der Waals surface area contributed by atoms with Gasteiger partial charge in [-0.1, -0.05) is 18.2 Å². The van der Waals surface area contributed by atoms with Gasteiger partial charge in [0.15, 0.2) is 5.75 Å². The van der Waals surface area contributed by atoms with Crippen molar-refractivity contribution in [1.82, 2.24) is 4.57 Å². The maximum atomic E-state index is 12.3. The van der Waals surface area contributed by atoms with Crippen LogP contribution in [0.5, 0.6) is 5.75 Å². The first-order valence-electron chi connectivity index (χ1n) is 6.67. The van der Waals surface area contributed by atoms with E-state index >= 15 is 0 Å². The number of ether oxygens (including phenoxy) is 1. The van der Waals surface area contributed by atoms with Crippen molar-refractivity contribution in [3.05, 3.63) is 64.1 Å². The van der Waals surface area contributed by atoms with E-state index in [1.807, 2.05) is 12.1 Å². The lowest BCUT2D eigenvalue weighted by molar-refractivity contribution is 0.231. The molecule has 0 saturated heterocycles. The molecule has 0 unspecified atom stereocenters. The molecule has 2 aromatic rings. The van der Waals surface area contributed by atoms with E-state index in [1.54, 1.807) is 30.5 Å². The molecule has 0 atom stereocenters. The van der Waals surface area contributed by atoms with Gasteiger partial charge in [-0.05, 0) is 23.8 Å². The first-order chi connectivity index (χ1) is 10.3. The second-order valence-corrected chi connectivity index (χ2v) is 4.50. The summed E-state index contributed by atoms with van der Waals surface area (Å²) in [7, 11) is 0. The van der Waals surface area contributed by atoms with Gasteiger partial charge in [-0.3, -0.25) is 4.79 Å². The number of aliphatic hydroxyl groups excluding tert-OH is 1. The van der Waals surface area contributed by atoms with Crippen molar-refractivity contribution in [2.45, 2.75) is 13.0 Å². The first kappa shape index (κ1) is 14.8. The fourth-order valence-corrected chi connectivity index (χ4v) is 1.95. The Kier molecular flexibility index (Phi) is 5.13. The molecule has 2 rings (SSSR count). The number of rotatable bonds is 6. The number of nitrogens with zero attached hydrogens (tertiary/aromatic N) is 2. The van der Waals surface area contributed by atoms with Gasteiger partial charge in [-0.2, -0.15) is 5.26 Å². The summed E-state index contributed by atoms with van der Waals surface area (Å²) in [5.74, 6) is 0.250. The van der Waals surface area contributed by atoms with Crippen molar-refractivity contribution in [2.75, 3.05) is 13.2 Å².